The summed E-state index contributed by atoms with van der Waals surface area (Å²) in [6.07, 6.45) is -1.45. The number of aliphatic hydroxyl groups is 2. The Labute approximate surface area is 303 Å². The fourth-order valence-corrected chi connectivity index (χ4v) is 6.36. The number of halogens is 2. The van der Waals surface area contributed by atoms with E-state index in [1.807, 2.05) is 32.0 Å². The summed E-state index contributed by atoms with van der Waals surface area (Å²) in [4.78, 5) is 0. The van der Waals surface area contributed by atoms with Crippen LogP contribution in [0, 0.1) is 5.92 Å². The smallest absolute Gasteiger partial charge is 0.125 e. The molecular weight excluding hydrogens is 683 g/mol. The van der Waals surface area contributed by atoms with Gasteiger partial charge in [0.2, 0.25) is 0 Å². The first-order valence-corrected chi connectivity index (χ1v) is 17.1. The van der Waals surface area contributed by atoms with Gasteiger partial charge in [0.15, 0.2) is 0 Å². The van der Waals surface area contributed by atoms with E-state index in [0.29, 0.717) is 45.9 Å². The van der Waals surface area contributed by atoms with Gasteiger partial charge >= 0.3 is 0 Å². The second-order valence-electron chi connectivity index (χ2n) is 12.2. The molecule has 0 aliphatic rings. The lowest BCUT2D eigenvalue weighted by Gasteiger charge is -2.37. The summed E-state index contributed by atoms with van der Waals surface area (Å²) in [5.74, 6) is 1.66. The quantitative estimate of drug-likeness (QED) is 0.0639. The van der Waals surface area contributed by atoms with Crippen LogP contribution in [0.25, 0.3) is 0 Å². The maximum atomic E-state index is 11.9. The molecule has 0 heterocycles. The first-order chi connectivity index (χ1) is 24.0. The summed E-state index contributed by atoms with van der Waals surface area (Å²) in [6, 6.07) is 22.0. The predicted molar refractivity (Wildman–Crippen MR) is 195 cm³/mol. The van der Waals surface area contributed by atoms with Crippen molar-refractivity contribution < 1.29 is 39.4 Å². The van der Waals surface area contributed by atoms with Crippen LogP contribution < -0.4 is 29.6 Å². The molecule has 0 radical (unpaired) electrons. The third-order valence-electron chi connectivity index (χ3n) is 8.36. The van der Waals surface area contributed by atoms with Crippen molar-refractivity contribution in [2.75, 3.05) is 27.4 Å². The first-order valence-electron chi connectivity index (χ1n) is 16.3. The molecule has 6 N–H and O–H groups in total. The Balaban J connectivity index is 1.63. The molecule has 0 spiro atoms. The average Bonchev–Trinajstić information content (AvgIpc) is 3.10. The van der Waals surface area contributed by atoms with Gasteiger partial charge in [-0.25, -0.2) is 0 Å². The standard InChI is InChI=1S/C38H46Cl2N2O8/c1-23(19-29-32(39)7-5-8-33(29)40)41-37(34(45)22-50-28-17-13-26(44)14-18-28)31(21-49-27-15-11-25(43)12-16-27)38(46)42-24(2)20-30-35(47-3)9-6-10-36(30)48-4/h5-18,23-24,31,34,37-38,41-46H,19-22H2,1-4H3. The lowest BCUT2D eigenvalue weighted by atomic mass is 9.91. The lowest BCUT2D eigenvalue weighted by molar-refractivity contribution is -0.0274. The third kappa shape index (κ3) is 11.1. The number of phenols is 2. The average molecular weight is 730 g/mol. The van der Waals surface area contributed by atoms with Crippen molar-refractivity contribution in [3.8, 4) is 34.5 Å². The Hall–Kier alpha value is -3.90. The highest BCUT2D eigenvalue weighted by atomic mass is 35.5. The van der Waals surface area contributed by atoms with Crippen LogP contribution in [-0.2, 0) is 12.8 Å². The number of rotatable bonds is 19. The zero-order valence-electron chi connectivity index (χ0n) is 28.6. The van der Waals surface area contributed by atoms with Crippen LogP contribution in [0.5, 0.6) is 34.5 Å². The summed E-state index contributed by atoms with van der Waals surface area (Å²) in [7, 11) is 3.19. The van der Waals surface area contributed by atoms with Crippen molar-refractivity contribution in [2.24, 2.45) is 5.92 Å². The number of hydrogen-bond acceptors (Lipinski definition) is 10. The fraction of sp³-hybridized carbons (Fsp3) is 0.368. The molecular formula is C38H46Cl2N2O8. The van der Waals surface area contributed by atoms with E-state index in [2.05, 4.69) is 10.6 Å². The summed E-state index contributed by atoms with van der Waals surface area (Å²) in [5.41, 5.74) is 1.59. The molecule has 12 heteroatoms. The zero-order chi connectivity index (χ0) is 36.2. The fourth-order valence-electron chi connectivity index (χ4n) is 5.80. The number of phenolic OH excluding ortho intramolecular Hbond substituents is 2. The van der Waals surface area contributed by atoms with E-state index in [4.69, 9.17) is 42.1 Å². The van der Waals surface area contributed by atoms with E-state index >= 15 is 0 Å². The molecule has 6 atom stereocenters. The number of methoxy groups -OCH3 is 2. The normalized spacial score (nSPS) is 15.0. The number of benzene rings is 4. The molecule has 6 unspecified atom stereocenters. The van der Waals surface area contributed by atoms with Gasteiger partial charge < -0.3 is 44.7 Å². The summed E-state index contributed by atoms with van der Waals surface area (Å²) >= 11 is 13.0. The van der Waals surface area contributed by atoms with Crippen molar-refractivity contribution in [1.82, 2.24) is 10.6 Å². The number of aromatic hydroxyl groups is 2. The molecule has 0 fully saturated rings. The molecule has 4 aromatic rings. The molecule has 4 rings (SSSR count). The van der Waals surface area contributed by atoms with E-state index < -0.39 is 24.3 Å². The van der Waals surface area contributed by atoms with Gasteiger partial charge in [0.05, 0.1) is 26.7 Å². The van der Waals surface area contributed by atoms with Crippen LogP contribution in [0.15, 0.2) is 84.9 Å². The second-order valence-corrected chi connectivity index (χ2v) is 13.0. The monoisotopic (exact) mass is 728 g/mol. The van der Waals surface area contributed by atoms with Gasteiger partial charge in [-0.15, -0.1) is 0 Å². The Morgan fingerprint density at radius 1 is 0.620 bits per heavy atom. The third-order valence-corrected chi connectivity index (χ3v) is 9.07. The molecule has 0 aliphatic heterocycles. The van der Waals surface area contributed by atoms with Crippen LogP contribution in [-0.4, -0.2) is 78.3 Å². The number of nitrogens with one attached hydrogen (secondary N) is 2. The van der Waals surface area contributed by atoms with Gasteiger partial charge in [-0.05, 0) is 105 Å². The minimum atomic E-state index is -1.19. The van der Waals surface area contributed by atoms with E-state index in [1.165, 1.54) is 24.3 Å². The molecule has 0 aromatic heterocycles. The molecule has 0 amide bonds. The van der Waals surface area contributed by atoms with Gasteiger partial charge in [-0.3, -0.25) is 5.32 Å². The van der Waals surface area contributed by atoms with Gasteiger partial charge in [0.1, 0.15) is 53.4 Å². The number of hydrogen-bond donors (Lipinski definition) is 6. The molecule has 0 bridgehead atoms. The maximum absolute atomic E-state index is 11.9. The van der Waals surface area contributed by atoms with Crippen molar-refractivity contribution in [2.45, 2.75) is 57.1 Å². The van der Waals surface area contributed by atoms with Crippen LogP contribution >= 0.6 is 23.2 Å². The Bertz CT molecular complexity index is 1580. The minimum absolute atomic E-state index is 0.0306. The lowest BCUT2D eigenvalue weighted by Crippen LogP contribution is -2.59. The van der Waals surface area contributed by atoms with Crippen molar-refractivity contribution in [3.05, 3.63) is 106 Å². The van der Waals surface area contributed by atoms with E-state index in [1.54, 1.807) is 56.7 Å². The highest BCUT2D eigenvalue weighted by Crippen LogP contribution is 2.30. The largest absolute Gasteiger partial charge is 0.508 e. The highest BCUT2D eigenvalue weighted by Gasteiger charge is 2.36. The highest BCUT2D eigenvalue weighted by molar-refractivity contribution is 6.36. The second kappa shape index (κ2) is 18.9. The van der Waals surface area contributed by atoms with Crippen LogP contribution in [0.3, 0.4) is 0 Å². The molecule has 270 valence electrons. The number of ether oxygens (including phenoxy) is 4. The van der Waals surface area contributed by atoms with E-state index in [9.17, 15) is 20.4 Å². The molecule has 0 saturated carbocycles. The summed E-state index contributed by atoms with van der Waals surface area (Å²) in [5, 5.41) is 51.0. The number of aliphatic hydroxyl groups excluding tert-OH is 2. The summed E-state index contributed by atoms with van der Waals surface area (Å²) < 4.78 is 23.2. The van der Waals surface area contributed by atoms with Gasteiger partial charge in [-0.1, -0.05) is 35.3 Å². The molecule has 0 saturated heterocycles. The van der Waals surface area contributed by atoms with Crippen LogP contribution in [0.1, 0.15) is 25.0 Å². The van der Waals surface area contributed by atoms with Crippen molar-refractivity contribution >= 4 is 23.2 Å². The Morgan fingerprint density at radius 2 is 1.08 bits per heavy atom. The SMILES string of the molecule is COc1cccc(OC)c1CC(C)NC(O)C(COc1ccc(O)cc1)C(NC(C)Cc1c(Cl)cccc1Cl)C(O)COc1ccc(O)cc1. The molecule has 0 aliphatic carbocycles. The molecule has 10 nitrogen and oxygen atoms in total. The van der Waals surface area contributed by atoms with E-state index in [-0.39, 0.29) is 36.8 Å². The topological polar surface area (TPSA) is 142 Å². The van der Waals surface area contributed by atoms with Gasteiger partial charge in [0.25, 0.3) is 0 Å². The Kier molecular flexibility index (Phi) is 14.7. The van der Waals surface area contributed by atoms with Gasteiger partial charge in [0, 0.05) is 33.7 Å². The Morgan fingerprint density at radius 3 is 1.60 bits per heavy atom. The van der Waals surface area contributed by atoms with Gasteiger partial charge in [-0.2, -0.15) is 0 Å². The van der Waals surface area contributed by atoms with Crippen molar-refractivity contribution in [1.29, 1.82) is 0 Å². The van der Waals surface area contributed by atoms with Crippen molar-refractivity contribution in [3.63, 3.8) is 0 Å². The van der Waals surface area contributed by atoms with Crippen LogP contribution in [0.2, 0.25) is 10.0 Å². The van der Waals surface area contributed by atoms with E-state index in [0.717, 1.165) is 11.1 Å². The zero-order valence-corrected chi connectivity index (χ0v) is 30.1. The molecule has 4 aromatic carbocycles. The first kappa shape index (κ1) is 38.9. The summed E-state index contributed by atoms with van der Waals surface area (Å²) in [6.45, 7) is 3.70. The molecule has 50 heavy (non-hydrogen) atoms. The van der Waals surface area contributed by atoms with Crippen LogP contribution in [0.4, 0.5) is 0 Å². The minimum Gasteiger partial charge on any atom is -0.508 e. The maximum Gasteiger partial charge on any atom is 0.125 e. The predicted octanol–water partition coefficient (Wildman–Crippen LogP) is 5.99.